The molecule has 5 heteroatoms. The van der Waals surface area contributed by atoms with Crippen LogP contribution in [0, 0.1) is 0 Å². The van der Waals surface area contributed by atoms with Gasteiger partial charge in [0, 0.05) is 25.8 Å². The van der Waals surface area contributed by atoms with Crippen LogP contribution in [-0.4, -0.2) is 40.6 Å². The first-order chi connectivity index (χ1) is 6.11. The van der Waals surface area contributed by atoms with Crippen molar-refractivity contribution in [1.29, 1.82) is 0 Å². The largest absolute Gasteiger partial charge is 0.339 e. The van der Waals surface area contributed by atoms with Crippen LogP contribution in [0.15, 0.2) is 12.3 Å². The minimum atomic E-state index is -0.0881. The molecule has 1 amide bonds. The van der Waals surface area contributed by atoms with Crippen molar-refractivity contribution in [1.82, 2.24) is 15.1 Å². The molecule has 0 fully saturated rings. The van der Waals surface area contributed by atoms with E-state index in [9.17, 15) is 4.79 Å². The fourth-order valence-electron chi connectivity index (χ4n) is 1.10. The third-order valence-electron chi connectivity index (χ3n) is 1.64. The Morgan fingerprint density at radius 2 is 2.54 bits per heavy atom. The molecular weight excluding hydrogens is 168 g/mol. The second-order valence-electron chi connectivity index (χ2n) is 3.13. The number of carbonyl (C=O) groups is 1. The van der Waals surface area contributed by atoms with Crippen molar-refractivity contribution in [3.05, 3.63) is 18.0 Å². The highest BCUT2D eigenvalue weighted by Gasteiger charge is 2.13. The minimum absolute atomic E-state index is 0.0168. The van der Waals surface area contributed by atoms with Crippen molar-refractivity contribution in [2.75, 3.05) is 13.6 Å². The van der Waals surface area contributed by atoms with E-state index in [1.807, 2.05) is 6.92 Å². The van der Waals surface area contributed by atoms with E-state index in [0.29, 0.717) is 12.2 Å². The fraction of sp³-hybridized carbons (Fsp3) is 0.500. The van der Waals surface area contributed by atoms with Crippen LogP contribution >= 0.6 is 0 Å². The van der Waals surface area contributed by atoms with E-state index in [2.05, 4.69) is 10.2 Å². The lowest BCUT2D eigenvalue weighted by atomic mass is 10.3. The van der Waals surface area contributed by atoms with Crippen LogP contribution in [0.5, 0.6) is 0 Å². The first-order valence-corrected chi connectivity index (χ1v) is 4.11. The molecule has 0 bridgehead atoms. The predicted octanol–water partition coefficient (Wildman–Crippen LogP) is -0.171. The molecule has 0 aromatic carbocycles. The molecule has 0 spiro atoms. The Hall–Kier alpha value is -1.36. The molecule has 1 rings (SSSR count). The van der Waals surface area contributed by atoms with Gasteiger partial charge >= 0.3 is 0 Å². The minimum Gasteiger partial charge on any atom is -0.339 e. The number of H-pyrrole nitrogens is 1. The molecular formula is C8H14N4O. The number of aromatic nitrogens is 2. The van der Waals surface area contributed by atoms with E-state index >= 15 is 0 Å². The molecule has 0 aliphatic carbocycles. The van der Waals surface area contributed by atoms with E-state index < -0.39 is 0 Å². The zero-order valence-electron chi connectivity index (χ0n) is 7.82. The van der Waals surface area contributed by atoms with Crippen molar-refractivity contribution in [3.63, 3.8) is 0 Å². The third kappa shape index (κ3) is 2.55. The molecule has 0 aliphatic heterocycles. The van der Waals surface area contributed by atoms with Gasteiger partial charge in [0.25, 0.3) is 5.91 Å². The Morgan fingerprint density at radius 1 is 1.85 bits per heavy atom. The molecule has 0 saturated heterocycles. The molecule has 1 heterocycles. The van der Waals surface area contributed by atoms with Crippen LogP contribution in [0.1, 0.15) is 17.4 Å². The maximum absolute atomic E-state index is 11.5. The van der Waals surface area contributed by atoms with Crippen molar-refractivity contribution in [3.8, 4) is 0 Å². The van der Waals surface area contributed by atoms with Gasteiger partial charge in [-0.1, -0.05) is 0 Å². The number of nitrogens with one attached hydrogen (secondary N) is 1. The topological polar surface area (TPSA) is 75.0 Å². The van der Waals surface area contributed by atoms with Gasteiger partial charge in [0.15, 0.2) is 0 Å². The molecule has 3 N–H and O–H groups in total. The summed E-state index contributed by atoms with van der Waals surface area (Å²) in [5.74, 6) is -0.0881. The predicted molar refractivity (Wildman–Crippen MR) is 49.2 cm³/mol. The molecule has 13 heavy (non-hydrogen) atoms. The summed E-state index contributed by atoms with van der Waals surface area (Å²) in [5.41, 5.74) is 6.05. The Morgan fingerprint density at radius 3 is 3.00 bits per heavy atom. The summed E-state index contributed by atoms with van der Waals surface area (Å²) in [6.07, 6.45) is 1.55. The summed E-state index contributed by atoms with van der Waals surface area (Å²) >= 11 is 0. The molecule has 1 unspecified atom stereocenters. The van der Waals surface area contributed by atoms with Crippen molar-refractivity contribution >= 4 is 5.91 Å². The standard InChI is InChI=1S/C8H14N4O/c1-6(9)5-12(2)8(13)7-3-4-10-11-7/h3-4,6H,5,9H2,1-2H3,(H,10,11). The highest BCUT2D eigenvalue weighted by Crippen LogP contribution is 1.98. The molecule has 0 aliphatic rings. The van der Waals surface area contributed by atoms with Crippen LogP contribution in [-0.2, 0) is 0 Å². The lowest BCUT2D eigenvalue weighted by molar-refractivity contribution is 0.0783. The first-order valence-electron chi connectivity index (χ1n) is 4.11. The Kier molecular flexibility index (Phi) is 3.02. The average Bonchev–Trinajstić information content (AvgIpc) is 2.53. The van der Waals surface area contributed by atoms with Crippen LogP contribution in [0.2, 0.25) is 0 Å². The molecule has 1 aromatic rings. The molecule has 5 nitrogen and oxygen atoms in total. The lowest BCUT2D eigenvalue weighted by Gasteiger charge is -2.17. The quantitative estimate of drug-likeness (QED) is 0.681. The number of amides is 1. The Bertz CT molecular complexity index is 268. The van der Waals surface area contributed by atoms with Gasteiger partial charge in [0.1, 0.15) is 5.69 Å². The van der Waals surface area contributed by atoms with Crippen LogP contribution in [0.25, 0.3) is 0 Å². The number of nitrogens with two attached hydrogens (primary N) is 1. The molecule has 0 radical (unpaired) electrons. The number of hydrogen-bond acceptors (Lipinski definition) is 3. The number of carbonyl (C=O) groups excluding carboxylic acids is 1. The zero-order chi connectivity index (χ0) is 9.84. The van der Waals surface area contributed by atoms with Crippen LogP contribution in [0.4, 0.5) is 0 Å². The normalized spacial score (nSPS) is 12.5. The maximum Gasteiger partial charge on any atom is 0.271 e. The number of likely N-dealkylation sites (N-methyl/N-ethyl adjacent to an activating group) is 1. The van der Waals surface area contributed by atoms with Gasteiger partial charge in [-0.25, -0.2) is 0 Å². The monoisotopic (exact) mass is 182 g/mol. The van der Waals surface area contributed by atoms with Crippen LogP contribution < -0.4 is 5.73 Å². The fourth-order valence-corrected chi connectivity index (χ4v) is 1.10. The van der Waals surface area contributed by atoms with E-state index in [4.69, 9.17) is 5.73 Å². The third-order valence-corrected chi connectivity index (χ3v) is 1.64. The summed E-state index contributed by atoms with van der Waals surface area (Å²) in [6, 6.07) is 1.62. The van der Waals surface area contributed by atoms with Gasteiger partial charge in [-0.2, -0.15) is 5.10 Å². The number of nitrogens with zero attached hydrogens (tertiary/aromatic N) is 2. The zero-order valence-corrected chi connectivity index (χ0v) is 7.82. The van der Waals surface area contributed by atoms with E-state index in [1.54, 1.807) is 24.2 Å². The van der Waals surface area contributed by atoms with Crippen molar-refractivity contribution in [2.45, 2.75) is 13.0 Å². The smallest absolute Gasteiger partial charge is 0.271 e. The Balaban J connectivity index is 2.58. The summed E-state index contributed by atoms with van der Waals surface area (Å²) in [5, 5.41) is 6.31. The number of rotatable bonds is 3. The average molecular weight is 182 g/mol. The summed E-state index contributed by atoms with van der Waals surface area (Å²) in [7, 11) is 1.71. The van der Waals surface area contributed by atoms with Gasteiger partial charge in [-0.05, 0) is 13.0 Å². The van der Waals surface area contributed by atoms with E-state index in [0.717, 1.165) is 0 Å². The SMILES string of the molecule is CC(N)CN(C)C(=O)c1ccn[nH]1. The van der Waals surface area contributed by atoms with Gasteiger partial charge in [-0.15, -0.1) is 0 Å². The van der Waals surface area contributed by atoms with Gasteiger partial charge in [0.2, 0.25) is 0 Å². The number of hydrogen-bond donors (Lipinski definition) is 2. The van der Waals surface area contributed by atoms with Gasteiger partial charge in [0.05, 0.1) is 0 Å². The Labute approximate surface area is 76.9 Å². The second-order valence-corrected chi connectivity index (χ2v) is 3.13. The summed E-state index contributed by atoms with van der Waals surface area (Å²) < 4.78 is 0. The number of aromatic amines is 1. The highest BCUT2D eigenvalue weighted by atomic mass is 16.2. The highest BCUT2D eigenvalue weighted by molar-refractivity contribution is 5.91. The summed E-state index contributed by atoms with van der Waals surface area (Å²) in [4.78, 5) is 13.1. The maximum atomic E-state index is 11.5. The first kappa shape index (κ1) is 9.73. The van der Waals surface area contributed by atoms with Crippen molar-refractivity contribution < 1.29 is 4.79 Å². The van der Waals surface area contributed by atoms with E-state index in [1.165, 1.54) is 0 Å². The molecule has 1 atom stereocenters. The van der Waals surface area contributed by atoms with Crippen molar-refractivity contribution in [2.24, 2.45) is 5.73 Å². The van der Waals surface area contributed by atoms with Gasteiger partial charge in [-0.3, -0.25) is 9.89 Å². The molecule has 72 valence electrons. The summed E-state index contributed by atoms with van der Waals surface area (Å²) in [6.45, 7) is 2.40. The van der Waals surface area contributed by atoms with Gasteiger partial charge < -0.3 is 10.6 Å². The van der Waals surface area contributed by atoms with E-state index in [-0.39, 0.29) is 11.9 Å². The molecule has 0 saturated carbocycles. The lowest BCUT2D eigenvalue weighted by Crippen LogP contribution is -2.37. The van der Waals surface area contributed by atoms with Crippen LogP contribution in [0.3, 0.4) is 0 Å². The molecule has 1 aromatic heterocycles. The second kappa shape index (κ2) is 4.04.